The van der Waals surface area contributed by atoms with Crippen molar-refractivity contribution >= 4 is 0 Å². The Bertz CT molecular complexity index is 697. The molecule has 0 radical (unpaired) electrons. The Kier molecular flexibility index (Phi) is 4.36. The average molecular weight is 302 g/mol. The molecule has 1 aliphatic heterocycles. The number of ether oxygens (including phenoxy) is 1. The summed E-state index contributed by atoms with van der Waals surface area (Å²) >= 11 is 0. The molecule has 5 heteroatoms. The summed E-state index contributed by atoms with van der Waals surface area (Å²) in [5, 5.41) is 0. The average Bonchev–Trinajstić information content (AvgIpc) is 2.52. The van der Waals surface area contributed by atoms with Crippen molar-refractivity contribution in [3.8, 4) is 0 Å². The number of benzene rings is 1. The van der Waals surface area contributed by atoms with Crippen LogP contribution in [0.5, 0.6) is 0 Å². The van der Waals surface area contributed by atoms with Gasteiger partial charge in [-0.1, -0.05) is 12.1 Å². The van der Waals surface area contributed by atoms with E-state index in [1.165, 1.54) is 12.1 Å². The first-order chi connectivity index (χ1) is 10.6. The minimum absolute atomic E-state index is 0.000781. The number of hydrogen-bond acceptors (Lipinski definition) is 3. The van der Waals surface area contributed by atoms with Crippen molar-refractivity contribution in [3.63, 3.8) is 0 Å². The second kappa shape index (κ2) is 6.42. The molecule has 2 heterocycles. The van der Waals surface area contributed by atoms with Crippen molar-refractivity contribution in [2.24, 2.45) is 7.05 Å². The predicted octanol–water partition coefficient (Wildman–Crippen LogP) is 2.10. The number of aryl methyl sites for hydroxylation is 1. The van der Waals surface area contributed by atoms with Gasteiger partial charge in [0.15, 0.2) is 0 Å². The Morgan fingerprint density at radius 3 is 2.77 bits per heavy atom. The minimum atomic E-state index is -0.239. The Labute approximate surface area is 128 Å². The molecule has 0 bridgehead atoms. The summed E-state index contributed by atoms with van der Waals surface area (Å²) in [5.41, 5.74) is 1.98. The van der Waals surface area contributed by atoms with E-state index in [1.54, 1.807) is 36.0 Å². The lowest BCUT2D eigenvalue weighted by atomic mass is 10.1. The maximum absolute atomic E-state index is 13.0. The van der Waals surface area contributed by atoms with Crippen LogP contribution < -0.4 is 5.56 Å². The van der Waals surface area contributed by atoms with Gasteiger partial charge in [-0.2, -0.15) is 0 Å². The van der Waals surface area contributed by atoms with E-state index in [2.05, 4.69) is 4.90 Å². The molecule has 0 saturated carbocycles. The van der Waals surface area contributed by atoms with Crippen LogP contribution in [0.1, 0.15) is 17.2 Å². The molecule has 0 amide bonds. The molecule has 116 valence electrons. The number of rotatable bonds is 3. The molecule has 2 aromatic rings. The maximum atomic E-state index is 13.0. The van der Waals surface area contributed by atoms with Gasteiger partial charge >= 0.3 is 0 Å². The highest BCUT2D eigenvalue weighted by Gasteiger charge is 2.22. The molecule has 0 aliphatic carbocycles. The van der Waals surface area contributed by atoms with Crippen LogP contribution in [0.4, 0.5) is 4.39 Å². The van der Waals surface area contributed by atoms with Gasteiger partial charge in [0, 0.05) is 38.9 Å². The summed E-state index contributed by atoms with van der Waals surface area (Å²) < 4.78 is 20.4. The molecule has 1 saturated heterocycles. The van der Waals surface area contributed by atoms with Gasteiger partial charge < -0.3 is 9.30 Å². The molecule has 4 nitrogen and oxygen atoms in total. The van der Waals surface area contributed by atoms with Crippen molar-refractivity contribution < 1.29 is 9.13 Å². The van der Waals surface area contributed by atoms with Crippen molar-refractivity contribution in [1.29, 1.82) is 0 Å². The van der Waals surface area contributed by atoms with Crippen LogP contribution in [0.25, 0.3) is 0 Å². The van der Waals surface area contributed by atoms with Gasteiger partial charge in [0.1, 0.15) is 5.82 Å². The Morgan fingerprint density at radius 1 is 1.27 bits per heavy atom. The molecule has 0 unspecified atom stereocenters. The molecule has 1 atom stereocenters. The molecule has 22 heavy (non-hydrogen) atoms. The fourth-order valence-corrected chi connectivity index (χ4v) is 2.67. The number of aromatic nitrogens is 1. The molecular formula is C17H19FN2O2. The van der Waals surface area contributed by atoms with Gasteiger partial charge in [-0.25, -0.2) is 4.39 Å². The summed E-state index contributed by atoms with van der Waals surface area (Å²) in [5.74, 6) is -0.239. The topological polar surface area (TPSA) is 34.5 Å². The first-order valence-corrected chi connectivity index (χ1v) is 7.37. The lowest BCUT2D eigenvalue weighted by Crippen LogP contribution is -2.38. The monoisotopic (exact) mass is 302 g/mol. The second-order valence-electron chi connectivity index (χ2n) is 5.63. The summed E-state index contributed by atoms with van der Waals surface area (Å²) in [6, 6.07) is 10.1. The van der Waals surface area contributed by atoms with Crippen LogP contribution in [-0.2, 0) is 18.3 Å². The number of pyridine rings is 1. The molecule has 1 aliphatic rings. The molecule has 0 spiro atoms. The minimum Gasteiger partial charge on any atom is -0.371 e. The highest BCUT2D eigenvalue weighted by Crippen LogP contribution is 2.23. The predicted molar refractivity (Wildman–Crippen MR) is 82.1 cm³/mol. The number of nitrogens with zero attached hydrogens (tertiary/aromatic N) is 2. The third-order valence-electron chi connectivity index (χ3n) is 3.97. The fourth-order valence-electron chi connectivity index (χ4n) is 2.67. The van der Waals surface area contributed by atoms with Crippen LogP contribution >= 0.6 is 0 Å². The standard InChI is InChI=1S/C17H19FN2O2/c1-19-7-6-13(10-17(19)21)11-20-8-9-22-16(12-20)14-2-4-15(18)5-3-14/h2-7,10,16H,8-9,11-12H2,1H3/t16-/m0/s1. The van der Waals surface area contributed by atoms with E-state index in [1.807, 2.05) is 6.07 Å². The van der Waals surface area contributed by atoms with Crippen molar-refractivity contribution in [2.45, 2.75) is 12.6 Å². The van der Waals surface area contributed by atoms with Gasteiger partial charge in [-0.15, -0.1) is 0 Å². The third kappa shape index (κ3) is 3.43. The van der Waals surface area contributed by atoms with Crippen LogP contribution in [0.15, 0.2) is 47.4 Å². The lowest BCUT2D eigenvalue weighted by Gasteiger charge is -2.33. The number of morpholine rings is 1. The largest absolute Gasteiger partial charge is 0.371 e. The van der Waals surface area contributed by atoms with E-state index in [-0.39, 0.29) is 17.5 Å². The Balaban J connectivity index is 1.68. The van der Waals surface area contributed by atoms with Crippen molar-refractivity contribution in [1.82, 2.24) is 9.47 Å². The second-order valence-corrected chi connectivity index (χ2v) is 5.63. The summed E-state index contributed by atoms with van der Waals surface area (Å²) in [6.07, 6.45) is 1.73. The normalized spacial score (nSPS) is 19.3. The zero-order chi connectivity index (χ0) is 15.5. The van der Waals surface area contributed by atoms with Crippen molar-refractivity contribution in [3.05, 3.63) is 69.9 Å². The summed E-state index contributed by atoms with van der Waals surface area (Å²) in [7, 11) is 1.74. The number of hydrogen-bond donors (Lipinski definition) is 0. The Hall–Kier alpha value is -1.98. The van der Waals surface area contributed by atoms with Crippen LogP contribution in [-0.4, -0.2) is 29.2 Å². The van der Waals surface area contributed by atoms with Gasteiger partial charge in [0.25, 0.3) is 5.56 Å². The van der Waals surface area contributed by atoms with Crippen LogP contribution in [0.2, 0.25) is 0 Å². The van der Waals surface area contributed by atoms with Gasteiger partial charge in [0.05, 0.1) is 12.7 Å². The van der Waals surface area contributed by atoms with Crippen LogP contribution in [0, 0.1) is 5.82 Å². The quantitative estimate of drug-likeness (QED) is 0.871. The lowest BCUT2D eigenvalue weighted by molar-refractivity contribution is -0.0329. The zero-order valence-corrected chi connectivity index (χ0v) is 12.5. The van der Waals surface area contributed by atoms with E-state index in [9.17, 15) is 9.18 Å². The first-order valence-electron chi connectivity index (χ1n) is 7.37. The molecule has 1 aromatic carbocycles. The smallest absolute Gasteiger partial charge is 0.250 e. The highest BCUT2D eigenvalue weighted by molar-refractivity contribution is 5.19. The summed E-state index contributed by atoms with van der Waals surface area (Å²) in [6.45, 7) is 2.91. The van der Waals surface area contributed by atoms with E-state index in [4.69, 9.17) is 4.74 Å². The van der Waals surface area contributed by atoms with Gasteiger partial charge in [0.2, 0.25) is 0 Å². The van der Waals surface area contributed by atoms with Gasteiger partial charge in [-0.3, -0.25) is 9.69 Å². The molecule has 0 N–H and O–H groups in total. The van der Waals surface area contributed by atoms with E-state index < -0.39 is 0 Å². The van der Waals surface area contributed by atoms with Gasteiger partial charge in [-0.05, 0) is 29.3 Å². The SMILES string of the molecule is Cn1ccc(CN2CCO[C@H](c3ccc(F)cc3)C2)cc1=O. The van der Waals surface area contributed by atoms with E-state index in [0.29, 0.717) is 6.61 Å². The molecular weight excluding hydrogens is 283 g/mol. The molecule has 1 aromatic heterocycles. The molecule has 1 fully saturated rings. The van der Waals surface area contributed by atoms with E-state index >= 15 is 0 Å². The maximum Gasteiger partial charge on any atom is 0.250 e. The zero-order valence-electron chi connectivity index (χ0n) is 12.5. The van der Waals surface area contributed by atoms with Crippen molar-refractivity contribution in [2.75, 3.05) is 19.7 Å². The highest BCUT2D eigenvalue weighted by atomic mass is 19.1. The third-order valence-corrected chi connectivity index (χ3v) is 3.97. The van der Waals surface area contributed by atoms with Crippen LogP contribution in [0.3, 0.4) is 0 Å². The Morgan fingerprint density at radius 2 is 2.05 bits per heavy atom. The number of halogens is 1. The first kappa shape index (κ1) is 14.9. The summed E-state index contributed by atoms with van der Waals surface area (Å²) in [4.78, 5) is 13.9. The van der Waals surface area contributed by atoms with E-state index in [0.717, 1.165) is 30.8 Å². The molecule has 3 rings (SSSR count). The fraction of sp³-hybridized carbons (Fsp3) is 0.353.